The highest BCUT2D eigenvalue weighted by molar-refractivity contribution is 9.10. The molecule has 0 aliphatic rings. The Balaban J connectivity index is 0.000000421. The van der Waals surface area contributed by atoms with Crippen LogP contribution in [-0.4, -0.2) is 6.15 Å². The van der Waals surface area contributed by atoms with Crippen molar-refractivity contribution in [2.75, 3.05) is 0 Å². The number of pyridine rings is 1. The summed E-state index contributed by atoms with van der Waals surface area (Å²) in [4.78, 5) is 0. The van der Waals surface area contributed by atoms with Gasteiger partial charge in [0.1, 0.15) is 6.15 Å². The second kappa shape index (κ2) is 19.9. The lowest BCUT2D eigenvalue weighted by molar-refractivity contribution is -0.662. The van der Waals surface area contributed by atoms with E-state index < -0.39 is 195 Å². The zero-order valence-corrected chi connectivity index (χ0v) is 38.0. The van der Waals surface area contributed by atoms with Gasteiger partial charge in [-0.15, -0.1) is 0 Å². The Hall–Kier alpha value is -6.41. The molecule has 1 heterocycles. The molecule has 0 N–H and O–H groups in total. The Kier molecular flexibility index (Phi) is 15.4. The number of hydrogen-bond donors (Lipinski definition) is 0. The Bertz CT molecular complexity index is 2750. The summed E-state index contributed by atoms with van der Waals surface area (Å²) in [5, 5.41) is 1.28. The van der Waals surface area contributed by atoms with Gasteiger partial charge in [0, 0.05) is 27.6 Å². The third kappa shape index (κ3) is 13.2. The fraction of sp³-hybridized carbons (Fsp3) is 0.188. The van der Waals surface area contributed by atoms with Crippen LogP contribution in [0.5, 0.6) is 0 Å². The molecule has 0 bridgehead atoms. The van der Waals surface area contributed by atoms with E-state index in [0.29, 0.717) is 0 Å². The van der Waals surface area contributed by atoms with Gasteiger partial charge in [-0.2, -0.15) is 132 Å². The number of para-hydroxylation sites is 1. The van der Waals surface area contributed by atoms with Crippen molar-refractivity contribution in [2.24, 2.45) is 0 Å². The van der Waals surface area contributed by atoms with Crippen LogP contribution in [0.15, 0.2) is 144 Å². The van der Waals surface area contributed by atoms with Crippen LogP contribution in [-0.2, 0) is 56.0 Å². The van der Waals surface area contributed by atoms with Crippen LogP contribution in [0.1, 0.15) is 50.1 Å². The van der Waals surface area contributed by atoms with E-state index in [4.69, 9.17) is 0 Å². The van der Waals surface area contributed by atoms with E-state index in [-0.39, 0.29) is 0 Å². The van der Waals surface area contributed by atoms with Gasteiger partial charge < -0.3 is 0 Å². The number of rotatable bonds is 6. The Morgan fingerprint density at radius 2 is 0.573 bits per heavy atom. The van der Waals surface area contributed by atoms with E-state index in [9.17, 15) is 105 Å². The van der Waals surface area contributed by atoms with E-state index in [0.717, 1.165) is 11.0 Å². The van der Waals surface area contributed by atoms with Crippen molar-refractivity contribution >= 4 is 54.8 Å². The van der Waals surface area contributed by atoms with Gasteiger partial charge in [-0.3, -0.25) is 0 Å². The Morgan fingerprint density at radius 1 is 0.320 bits per heavy atom. The highest BCUT2D eigenvalue weighted by Crippen LogP contribution is 2.41. The number of alkyl halides is 24. The molecule has 75 heavy (non-hydrogen) atoms. The molecule has 0 aliphatic heterocycles. The highest BCUT2D eigenvalue weighted by Gasteiger charge is 2.47. The molecule has 0 saturated carbocycles. The van der Waals surface area contributed by atoms with Crippen LogP contribution in [0, 0.1) is 0 Å². The van der Waals surface area contributed by atoms with Gasteiger partial charge in [0.25, 0.3) is 0 Å². The molecule has 0 spiro atoms. The summed E-state index contributed by atoms with van der Waals surface area (Å²) in [7, 11) is 0. The maximum absolute atomic E-state index is 14.2. The molecule has 0 aliphatic carbocycles. The standard InChI is InChI=1S/C32H12BF24.C16H13BrN/c34-25(35,36)13-1-14(26(37,38)39)6-21(5-13)33(22-7-15(27(40,41)42)2-16(8-22)28(43,44)45,23-9-17(29(46,47)48)3-18(10-23)30(49,50)51)24-11-19(31(52,53)54)4-20(12-24)32(55,56)57;17-15-9-7-13(8-10-15)12-18-11-3-5-14-4-1-2-6-16(14)18/h1-12H;1-11H,12H2/q-1;+1. The van der Waals surface area contributed by atoms with E-state index in [1.54, 1.807) is 0 Å². The molecule has 1 aromatic heterocycles. The van der Waals surface area contributed by atoms with Crippen molar-refractivity contribution in [1.82, 2.24) is 0 Å². The molecular weight excluding hydrogens is 1140 g/mol. The first kappa shape index (κ1) is 57.9. The zero-order chi connectivity index (χ0) is 56.3. The number of fused-ring (bicyclic) bond motifs is 1. The van der Waals surface area contributed by atoms with Crippen molar-refractivity contribution in [3.63, 3.8) is 0 Å². The SMILES string of the molecule is Brc1ccc(C[n+]2cccc3ccccc32)cc1.FC(F)(F)c1cc([B-](c2cc(C(F)(F)F)cc(C(F)(F)F)c2)(c2cc(C(F)(F)F)cc(C(F)(F)F)c2)c2cc(C(F)(F)F)cc(C(F)(F)F)c2)cc(C(F)(F)F)c1. The van der Waals surface area contributed by atoms with E-state index in [1.807, 2.05) is 0 Å². The van der Waals surface area contributed by atoms with E-state index in [2.05, 4.69) is 87.4 Å². The molecule has 0 amide bonds. The van der Waals surface area contributed by atoms with Gasteiger partial charge >= 0.3 is 49.4 Å². The average molecular weight is 1160 g/mol. The molecule has 0 saturated heterocycles. The molecular formula is C48H25BBrF24N. The molecule has 7 aromatic rings. The summed E-state index contributed by atoms with van der Waals surface area (Å²) in [5.41, 5.74) is -27.6. The van der Waals surface area contributed by atoms with Crippen molar-refractivity contribution < 1.29 is 110 Å². The quantitative estimate of drug-likeness (QED) is 0.0888. The first-order valence-corrected chi connectivity index (χ1v) is 21.4. The molecule has 27 heteroatoms. The second-order valence-electron chi connectivity index (χ2n) is 16.5. The summed E-state index contributed by atoms with van der Waals surface area (Å²) in [6.45, 7) is 0.897. The maximum Gasteiger partial charge on any atom is 0.416 e. The Labute approximate surface area is 414 Å². The summed E-state index contributed by atoms with van der Waals surface area (Å²) in [6, 6.07) is 12.4. The maximum atomic E-state index is 14.2. The van der Waals surface area contributed by atoms with Crippen LogP contribution in [0.25, 0.3) is 10.9 Å². The molecule has 7 rings (SSSR count). The molecule has 6 aromatic carbocycles. The van der Waals surface area contributed by atoms with Crippen molar-refractivity contribution in [2.45, 2.75) is 56.0 Å². The number of nitrogens with zero attached hydrogens (tertiary/aromatic N) is 1. The summed E-state index contributed by atoms with van der Waals surface area (Å²) in [5.74, 6) is 0. The third-order valence-corrected chi connectivity index (χ3v) is 12.0. The second-order valence-corrected chi connectivity index (χ2v) is 17.5. The Morgan fingerprint density at radius 3 is 0.840 bits per heavy atom. The minimum atomic E-state index is -6.13. The van der Waals surface area contributed by atoms with Crippen LogP contribution < -0.4 is 26.4 Å². The minimum Gasteiger partial charge on any atom is -0.194 e. The predicted octanol–water partition coefficient (Wildman–Crippen LogP) is 15.2. The lowest BCUT2D eigenvalue weighted by Crippen LogP contribution is -2.75. The monoisotopic (exact) mass is 1160 g/mol. The molecule has 0 fully saturated rings. The molecule has 0 atom stereocenters. The molecule has 1 nitrogen and oxygen atoms in total. The highest BCUT2D eigenvalue weighted by atomic mass is 79.9. The summed E-state index contributed by atoms with van der Waals surface area (Å²) >= 11 is 3.46. The average Bonchev–Trinajstić information content (AvgIpc) is 3.28. The normalized spacial score (nSPS) is 13.5. The number of aromatic nitrogens is 1. The van der Waals surface area contributed by atoms with Crippen molar-refractivity contribution in [1.29, 1.82) is 0 Å². The van der Waals surface area contributed by atoms with Crippen LogP contribution in [0.4, 0.5) is 105 Å². The van der Waals surface area contributed by atoms with Crippen LogP contribution in [0.3, 0.4) is 0 Å². The smallest absolute Gasteiger partial charge is 0.194 e. The fourth-order valence-corrected chi connectivity index (χ4v) is 8.48. The van der Waals surface area contributed by atoms with Gasteiger partial charge in [0.15, 0.2) is 12.7 Å². The van der Waals surface area contributed by atoms with Crippen LogP contribution >= 0.6 is 15.9 Å². The van der Waals surface area contributed by atoms with Gasteiger partial charge in [-0.05, 0) is 48.5 Å². The summed E-state index contributed by atoms with van der Waals surface area (Å²) < 4.78 is 344. The molecule has 0 unspecified atom stereocenters. The predicted molar refractivity (Wildman–Crippen MR) is 227 cm³/mol. The number of benzene rings is 6. The summed E-state index contributed by atoms with van der Waals surface area (Å²) in [6.07, 6.45) is -52.7. The fourth-order valence-electron chi connectivity index (χ4n) is 8.22. The lowest BCUT2D eigenvalue weighted by atomic mass is 9.12. The van der Waals surface area contributed by atoms with Crippen LogP contribution in [0.2, 0.25) is 0 Å². The van der Waals surface area contributed by atoms with E-state index >= 15 is 0 Å². The largest absolute Gasteiger partial charge is 0.416 e. The number of hydrogen-bond acceptors (Lipinski definition) is 0. The third-order valence-electron chi connectivity index (χ3n) is 11.5. The van der Waals surface area contributed by atoms with Crippen molar-refractivity contribution in [3.05, 3.63) is 194 Å². The van der Waals surface area contributed by atoms with Gasteiger partial charge in [-0.1, -0.05) is 88.7 Å². The van der Waals surface area contributed by atoms with Gasteiger partial charge in [0.05, 0.1) is 44.5 Å². The first-order valence-electron chi connectivity index (χ1n) is 20.6. The number of halogens is 25. The minimum absolute atomic E-state index is 0.691. The topological polar surface area (TPSA) is 3.88 Å². The molecule has 0 radical (unpaired) electrons. The zero-order valence-electron chi connectivity index (χ0n) is 36.5. The first-order chi connectivity index (χ1) is 34.1. The van der Waals surface area contributed by atoms with Crippen molar-refractivity contribution in [3.8, 4) is 0 Å². The molecule has 400 valence electrons. The lowest BCUT2D eigenvalue weighted by Gasteiger charge is -2.46. The van der Waals surface area contributed by atoms with Gasteiger partial charge in [-0.25, -0.2) is 0 Å². The van der Waals surface area contributed by atoms with E-state index in [1.165, 1.54) is 16.5 Å². The van der Waals surface area contributed by atoms with Gasteiger partial charge in [0.2, 0.25) is 5.52 Å².